The van der Waals surface area contributed by atoms with Crippen molar-refractivity contribution in [2.24, 2.45) is 22.2 Å². The highest BCUT2D eigenvalue weighted by Crippen LogP contribution is 2.46. The lowest BCUT2D eigenvalue weighted by molar-refractivity contribution is -0.135. The maximum Gasteiger partial charge on any atom is 0.234 e. The van der Waals surface area contributed by atoms with Crippen LogP contribution < -0.4 is 11.1 Å². The number of hydrogen-bond acceptors (Lipinski definition) is 5. The molecular formula is C13H20N4O2S. The third kappa shape index (κ3) is 2.37. The summed E-state index contributed by atoms with van der Waals surface area (Å²) in [5.41, 5.74) is 4.28. The van der Waals surface area contributed by atoms with Crippen LogP contribution in [0.3, 0.4) is 0 Å². The zero-order valence-corrected chi connectivity index (χ0v) is 12.7. The van der Waals surface area contributed by atoms with Gasteiger partial charge in [-0.1, -0.05) is 12.1 Å². The van der Waals surface area contributed by atoms with Gasteiger partial charge in [0.15, 0.2) is 5.84 Å². The molecule has 7 heteroatoms. The van der Waals surface area contributed by atoms with Gasteiger partial charge in [-0.2, -0.15) is 0 Å². The molecule has 0 atom stereocenters. The first kappa shape index (κ1) is 14.8. The number of oxime groups is 1. The molecule has 0 bridgehead atoms. The van der Waals surface area contributed by atoms with Crippen molar-refractivity contribution in [3.05, 3.63) is 16.6 Å². The van der Waals surface area contributed by atoms with Gasteiger partial charge < -0.3 is 16.3 Å². The Kier molecular flexibility index (Phi) is 3.73. The predicted octanol–water partition coefficient (Wildman–Crippen LogP) is 1.66. The minimum atomic E-state index is -0.886. The van der Waals surface area contributed by atoms with Crippen LogP contribution in [0.5, 0.6) is 0 Å². The second kappa shape index (κ2) is 5.05. The quantitative estimate of drug-likeness (QED) is 0.340. The van der Waals surface area contributed by atoms with Crippen molar-refractivity contribution >= 4 is 23.1 Å². The Hall–Kier alpha value is -1.63. The molecule has 1 fully saturated rings. The number of hydrogen-bond donors (Lipinski definition) is 3. The number of aromatic nitrogens is 1. The van der Waals surface area contributed by atoms with E-state index in [1.54, 1.807) is 6.20 Å². The average Bonchev–Trinajstić information content (AvgIpc) is 2.87. The van der Waals surface area contributed by atoms with Crippen LogP contribution in [0.4, 0.5) is 0 Å². The van der Waals surface area contributed by atoms with Gasteiger partial charge in [0.2, 0.25) is 5.91 Å². The summed E-state index contributed by atoms with van der Waals surface area (Å²) in [5.74, 6) is 0.179. The number of carbonyl (C=O) groups excluding carboxylic acids is 1. The van der Waals surface area contributed by atoms with Crippen LogP contribution in [0.25, 0.3) is 0 Å². The van der Waals surface area contributed by atoms with Gasteiger partial charge in [-0.25, -0.2) is 4.98 Å². The van der Waals surface area contributed by atoms with E-state index in [1.807, 2.05) is 26.2 Å². The molecule has 110 valence electrons. The zero-order chi connectivity index (χ0) is 15.0. The molecule has 0 spiro atoms. The molecule has 0 aliphatic heterocycles. The predicted molar refractivity (Wildman–Crippen MR) is 77.5 cm³/mol. The minimum Gasteiger partial charge on any atom is -0.409 e. The monoisotopic (exact) mass is 296 g/mol. The highest BCUT2D eigenvalue weighted by Gasteiger charge is 2.53. The van der Waals surface area contributed by atoms with Crippen molar-refractivity contribution in [2.45, 2.75) is 39.2 Å². The SMILES string of the molecule is CC1CC(C(=O)NC(C)(C)c2nccs2)(/C(N)=N/O)C1. The molecule has 1 aromatic rings. The number of thiazole rings is 1. The number of nitrogens with one attached hydrogen (secondary N) is 1. The third-order valence-electron chi connectivity index (χ3n) is 3.82. The van der Waals surface area contributed by atoms with Crippen LogP contribution in [0.15, 0.2) is 16.7 Å². The second-order valence-corrected chi connectivity index (χ2v) is 6.89. The molecule has 4 N–H and O–H groups in total. The molecule has 20 heavy (non-hydrogen) atoms. The Morgan fingerprint density at radius 1 is 1.65 bits per heavy atom. The summed E-state index contributed by atoms with van der Waals surface area (Å²) in [5, 5.41) is 17.6. The van der Waals surface area contributed by atoms with Crippen molar-refractivity contribution < 1.29 is 10.0 Å². The molecule has 1 amide bonds. The normalized spacial score (nSPS) is 26.9. The highest BCUT2D eigenvalue weighted by molar-refractivity contribution is 7.09. The molecule has 1 saturated carbocycles. The molecule has 0 aromatic carbocycles. The van der Waals surface area contributed by atoms with Gasteiger partial charge in [0.1, 0.15) is 10.4 Å². The molecule has 1 aliphatic carbocycles. The lowest BCUT2D eigenvalue weighted by atomic mass is 9.61. The fraction of sp³-hybridized carbons (Fsp3) is 0.615. The summed E-state index contributed by atoms with van der Waals surface area (Å²) in [7, 11) is 0. The van der Waals surface area contributed by atoms with Crippen LogP contribution in [0.1, 0.15) is 38.6 Å². The highest BCUT2D eigenvalue weighted by atomic mass is 32.1. The van der Waals surface area contributed by atoms with E-state index in [4.69, 9.17) is 10.9 Å². The maximum absolute atomic E-state index is 12.6. The lowest BCUT2D eigenvalue weighted by Gasteiger charge is -2.45. The number of amidine groups is 1. The van der Waals surface area contributed by atoms with E-state index in [0.717, 1.165) is 5.01 Å². The summed E-state index contributed by atoms with van der Waals surface area (Å²) >= 11 is 1.49. The number of rotatable bonds is 4. The third-order valence-corrected chi connectivity index (χ3v) is 4.92. The molecule has 2 rings (SSSR count). The van der Waals surface area contributed by atoms with Gasteiger partial charge in [-0.05, 0) is 32.6 Å². The topological polar surface area (TPSA) is 101 Å². The van der Waals surface area contributed by atoms with E-state index in [0.29, 0.717) is 18.8 Å². The number of carbonyl (C=O) groups is 1. The number of nitrogens with two attached hydrogens (primary N) is 1. The van der Waals surface area contributed by atoms with E-state index >= 15 is 0 Å². The molecule has 1 heterocycles. The summed E-state index contributed by atoms with van der Waals surface area (Å²) in [6.07, 6.45) is 2.91. The van der Waals surface area contributed by atoms with Crippen molar-refractivity contribution in [1.82, 2.24) is 10.3 Å². The van der Waals surface area contributed by atoms with Gasteiger partial charge in [-0.3, -0.25) is 4.79 Å². The van der Waals surface area contributed by atoms with Crippen molar-refractivity contribution in [3.8, 4) is 0 Å². The first-order valence-electron chi connectivity index (χ1n) is 6.52. The second-order valence-electron chi connectivity index (χ2n) is 6.00. The van der Waals surface area contributed by atoms with Gasteiger partial charge in [0.25, 0.3) is 0 Å². The Balaban J connectivity index is 2.19. The zero-order valence-electron chi connectivity index (χ0n) is 11.9. The summed E-state index contributed by atoms with van der Waals surface area (Å²) in [6, 6.07) is 0. The van der Waals surface area contributed by atoms with E-state index < -0.39 is 11.0 Å². The van der Waals surface area contributed by atoms with Crippen LogP contribution in [-0.2, 0) is 10.3 Å². The van der Waals surface area contributed by atoms with Gasteiger partial charge in [0.05, 0.1) is 5.54 Å². The summed E-state index contributed by atoms with van der Waals surface area (Å²) in [4.78, 5) is 16.8. The van der Waals surface area contributed by atoms with Crippen LogP contribution in [0.2, 0.25) is 0 Å². The summed E-state index contributed by atoms with van der Waals surface area (Å²) < 4.78 is 0. The summed E-state index contributed by atoms with van der Waals surface area (Å²) in [6.45, 7) is 5.83. The lowest BCUT2D eigenvalue weighted by Crippen LogP contribution is -2.59. The fourth-order valence-corrected chi connectivity index (χ4v) is 3.44. The standard InChI is InChI=1S/C13H20N4O2S/c1-8-6-13(7-8,9(14)17-19)10(18)16-12(2,3)11-15-4-5-20-11/h4-5,8,19H,6-7H2,1-3H3,(H2,14,17)(H,16,18). The number of amides is 1. The minimum absolute atomic E-state index is 0.0111. The number of nitrogens with zero attached hydrogens (tertiary/aromatic N) is 2. The van der Waals surface area contributed by atoms with Gasteiger partial charge in [0, 0.05) is 11.6 Å². The van der Waals surface area contributed by atoms with E-state index in [9.17, 15) is 4.79 Å². The first-order chi connectivity index (χ1) is 9.32. The van der Waals surface area contributed by atoms with Crippen LogP contribution in [-0.4, -0.2) is 21.9 Å². The van der Waals surface area contributed by atoms with E-state index in [2.05, 4.69) is 15.5 Å². The Bertz CT molecular complexity index is 518. The Morgan fingerprint density at radius 2 is 2.30 bits per heavy atom. The smallest absolute Gasteiger partial charge is 0.234 e. The maximum atomic E-state index is 12.6. The Morgan fingerprint density at radius 3 is 2.75 bits per heavy atom. The van der Waals surface area contributed by atoms with Crippen LogP contribution in [0, 0.1) is 11.3 Å². The fourth-order valence-electron chi connectivity index (χ4n) is 2.73. The van der Waals surface area contributed by atoms with Gasteiger partial charge >= 0.3 is 0 Å². The van der Waals surface area contributed by atoms with E-state index in [1.165, 1.54) is 11.3 Å². The molecule has 0 radical (unpaired) electrons. The molecule has 1 aromatic heterocycles. The molecular weight excluding hydrogens is 276 g/mol. The molecule has 6 nitrogen and oxygen atoms in total. The largest absolute Gasteiger partial charge is 0.409 e. The molecule has 1 aliphatic rings. The first-order valence-corrected chi connectivity index (χ1v) is 7.40. The van der Waals surface area contributed by atoms with Crippen molar-refractivity contribution in [1.29, 1.82) is 0 Å². The van der Waals surface area contributed by atoms with Crippen molar-refractivity contribution in [3.63, 3.8) is 0 Å². The van der Waals surface area contributed by atoms with Crippen molar-refractivity contribution in [2.75, 3.05) is 0 Å². The van der Waals surface area contributed by atoms with Crippen LogP contribution >= 0.6 is 11.3 Å². The van der Waals surface area contributed by atoms with Gasteiger partial charge in [-0.15, -0.1) is 11.3 Å². The Labute approximate surface area is 122 Å². The molecule has 0 unspecified atom stereocenters. The average molecular weight is 296 g/mol. The molecule has 0 saturated heterocycles. The van der Waals surface area contributed by atoms with E-state index in [-0.39, 0.29) is 11.7 Å².